The molecule has 0 atom stereocenters. The van der Waals surface area contributed by atoms with Crippen molar-refractivity contribution in [2.75, 3.05) is 18.8 Å². The highest BCUT2D eigenvalue weighted by Crippen LogP contribution is 2.01. The molecule has 0 spiro atoms. The van der Waals surface area contributed by atoms with E-state index in [0.29, 0.717) is 0 Å². The van der Waals surface area contributed by atoms with Crippen molar-refractivity contribution < 1.29 is 0 Å². The highest BCUT2D eigenvalue weighted by molar-refractivity contribution is 8.02. The summed E-state index contributed by atoms with van der Waals surface area (Å²) < 4.78 is 0. The van der Waals surface area contributed by atoms with Gasteiger partial charge >= 0.3 is 0 Å². The molecule has 0 bridgehead atoms. The molecule has 0 unspecified atom stereocenters. The maximum absolute atomic E-state index is 3.24. The van der Waals surface area contributed by atoms with Gasteiger partial charge in [0.25, 0.3) is 0 Å². The highest BCUT2D eigenvalue weighted by atomic mass is 32.2. The van der Waals surface area contributed by atoms with Crippen molar-refractivity contribution in [3.63, 3.8) is 0 Å². The number of nitrogens with one attached hydrogen (secondary N) is 1. The third-order valence-electron chi connectivity index (χ3n) is 0.851. The minimum absolute atomic E-state index is 1.05. The van der Waals surface area contributed by atoms with E-state index in [4.69, 9.17) is 0 Å². The quantitative estimate of drug-likeness (QED) is 0.502. The van der Waals surface area contributed by atoms with E-state index in [1.165, 1.54) is 5.75 Å². The molecular formula is C5H9NS. The zero-order valence-corrected chi connectivity index (χ0v) is 5.00. The SMILES string of the molecule is C1=CSCCNC1. The van der Waals surface area contributed by atoms with Crippen LogP contribution in [0.2, 0.25) is 0 Å². The molecular weight excluding hydrogens is 106 g/mol. The summed E-state index contributed by atoms with van der Waals surface area (Å²) in [5, 5.41) is 5.39. The molecule has 0 saturated carbocycles. The molecule has 0 radical (unpaired) electrons. The van der Waals surface area contributed by atoms with Crippen molar-refractivity contribution in [1.82, 2.24) is 5.32 Å². The molecule has 0 aromatic carbocycles. The zero-order chi connectivity index (χ0) is 4.95. The molecule has 1 rings (SSSR count). The fourth-order valence-electron chi connectivity index (χ4n) is 0.501. The van der Waals surface area contributed by atoms with Crippen LogP contribution in [-0.2, 0) is 0 Å². The summed E-state index contributed by atoms with van der Waals surface area (Å²) in [6.07, 6.45) is 2.15. The average molecular weight is 115 g/mol. The molecule has 1 nitrogen and oxygen atoms in total. The Hall–Kier alpha value is 0.0500. The Morgan fingerprint density at radius 2 is 2.57 bits per heavy atom. The zero-order valence-electron chi connectivity index (χ0n) is 4.18. The lowest BCUT2D eigenvalue weighted by molar-refractivity contribution is 0.811. The molecule has 0 fully saturated rings. The minimum atomic E-state index is 1.05. The standard InChI is InChI=1S/C5H9NS/c1-2-6-3-5-7-4-1/h1,4,6H,2-3,5H2. The third kappa shape index (κ3) is 2.00. The van der Waals surface area contributed by atoms with Crippen LogP contribution in [0.25, 0.3) is 0 Å². The van der Waals surface area contributed by atoms with Gasteiger partial charge in [-0.25, -0.2) is 0 Å². The first-order chi connectivity index (χ1) is 3.50. The minimum Gasteiger partial charge on any atom is -0.312 e. The second-order valence-electron chi connectivity index (χ2n) is 1.45. The monoisotopic (exact) mass is 115 g/mol. The fraction of sp³-hybridized carbons (Fsp3) is 0.600. The van der Waals surface area contributed by atoms with Crippen LogP contribution in [0.15, 0.2) is 11.5 Å². The summed E-state index contributed by atoms with van der Waals surface area (Å²) in [5.74, 6) is 1.22. The van der Waals surface area contributed by atoms with Gasteiger partial charge in [-0.05, 0) is 5.41 Å². The molecule has 1 heterocycles. The molecule has 7 heavy (non-hydrogen) atoms. The fourth-order valence-corrected chi connectivity index (χ4v) is 1.13. The molecule has 40 valence electrons. The van der Waals surface area contributed by atoms with E-state index < -0.39 is 0 Å². The summed E-state index contributed by atoms with van der Waals surface area (Å²) in [6, 6.07) is 0. The molecule has 0 aliphatic carbocycles. The van der Waals surface area contributed by atoms with E-state index in [1.807, 2.05) is 11.8 Å². The van der Waals surface area contributed by atoms with Gasteiger partial charge in [-0.2, -0.15) is 0 Å². The van der Waals surface area contributed by atoms with Crippen LogP contribution in [0.1, 0.15) is 0 Å². The van der Waals surface area contributed by atoms with Crippen LogP contribution >= 0.6 is 11.8 Å². The van der Waals surface area contributed by atoms with Gasteiger partial charge in [0.15, 0.2) is 0 Å². The Labute approximate surface area is 48.2 Å². The second-order valence-corrected chi connectivity index (χ2v) is 2.46. The van der Waals surface area contributed by atoms with Crippen molar-refractivity contribution in [1.29, 1.82) is 0 Å². The van der Waals surface area contributed by atoms with Gasteiger partial charge in [-0.15, -0.1) is 11.8 Å². The van der Waals surface area contributed by atoms with Gasteiger partial charge in [0, 0.05) is 18.8 Å². The maximum Gasteiger partial charge on any atom is 0.0143 e. The topological polar surface area (TPSA) is 12.0 Å². The lowest BCUT2D eigenvalue weighted by atomic mass is 10.6. The highest BCUT2D eigenvalue weighted by Gasteiger charge is 1.86. The predicted molar refractivity (Wildman–Crippen MR) is 34.5 cm³/mol. The predicted octanol–water partition coefficient (Wildman–Crippen LogP) is 0.836. The van der Waals surface area contributed by atoms with Crippen molar-refractivity contribution in [2.24, 2.45) is 0 Å². The molecule has 2 heteroatoms. The molecule has 0 amide bonds. The Morgan fingerprint density at radius 1 is 1.57 bits per heavy atom. The van der Waals surface area contributed by atoms with Gasteiger partial charge in [-0.3, -0.25) is 0 Å². The van der Waals surface area contributed by atoms with Crippen LogP contribution in [0.3, 0.4) is 0 Å². The molecule has 0 aromatic rings. The lowest BCUT2D eigenvalue weighted by Gasteiger charge is -1.90. The molecule has 1 aliphatic heterocycles. The van der Waals surface area contributed by atoms with Crippen LogP contribution < -0.4 is 5.32 Å². The summed E-state index contributed by atoms with van der Waals surface area (Å²) >= 11 is 1.87. The van der Waals surface area contributed by atoms with E-state index in [2.05, 4.69) is 16.8 Å². The first-order valence-corrected chi connectivity index (χ1v) is 3.52. The Bertz CT molecular complexity index is 62.5. The normalized spacial score (nSPS) is 21.7. The number of hydrogen-bond donors (Lipinski definition) is 1. The van der Waals surface area contributed by atoms with Crippen LogP contribution in [0, 0.1) is 0 Å². The van der Waals surface area contributed by atoms with Crippen LogP contribution in [0.5, 0.6) is 0 Å². The van der Waals surface area contributed by atoms with Gasteiger partial charge < -0.3 is 5.32 Å². The van der Waals surface area contributed by atoms with E-state index in [9.17, 15) is 0 Å². The second kappa shape index (κ2) is 3.10. The van der Waals surface area contributed by atoms with Crippen LogP contribution in [-0.4, -0.2) is 18.8 Å². The smallest absolute Gasteiger partial charge is 0.0143 e. The Kier molecular flexibility index (Phi) is 2.30. The Balaban J connectivity index is 2.20. The van der Waals surface area contributed by atoms with Gasteiger partial charge in [-0.1, -0.05) is 6.08 Å². The number of hydrogen-bond acceptors (Lipinski definition) is 2. The van der Waals surface area contributed by atoms with Crippen molar-refractivity contribution >= 4 is 11.8 Å². The van der Waals surface area contributed by atoms with Crippen LogP contribution in [0.4, 0.5) is 0 Å². The first-order valence-electron chi connectivity index (χ1n) is 2.47. The van der Waals surface area contributed by atoms with Crippen molar-refractivity contribution in [3.8, 4) is 0 Å². The Morgan fingerprint density at radius 3 is 3.57 bits per heavy atom. The van der Waals surface area contributed by atoms with Crippen molar-refractivity contribution in [3.05, 3.63) is 11.5 Å². The van der Waals surface area contributed by atoms with E-state index in [-0.39, 0.29) is 0 Å². The first kappa shape index (κ1) is 5.19. The molecule has 1 N–H and O–H groups in total. The summed E-state index contributed by atoms with van der Waals surface area (Å²) in [4.78, 5) is 0. The average Bonchev–Trinajstić information content (AvgIpc) is 1.90. The third-order valence-corrected chi connectivity index (χ3v) is 1.68. The number of thioether (sulfide) groups is 1. The van der Waals surface area contributed by atoms with Gasteiger partial charge in [0.05, 0.1) is 0 Å². The van der Waals surface area contributed by atoms with Gasteiger partial charge in [0.2, 0.25) is 0 Å². The maximum atomic E-state index is 3.24. The van der Waals surface area contributed by atoms with E-state index >= 15 is 0 Å². The largest absolute Gasteiger partial charge is 0.312 e. The molecule has 0 aromatic heterocycles. The summed E-state index contributed by atoms with van der Waals surface area (Å²) in [7, 11) is 0. The summed E-state index contributed by atoms with van der Waals surface area (Å²) in [6.45, 7) is 2.20. The van der Waals surface area contributed by atoms with Crippen molar-refractivity contribution in [2.45, 2.75) is 0 Å². The summed E-state index contributed by atoms with van der Waals surface area (Å²) in [5.41, 5.74) is 0. The van der Waals surface area contributed by atoms with E-state index in [1.54, 1.807) is 0 Å². The van der Waals surface area contributed by atoms with Gasteiger partial charge in [0.1, 0.15) is 0 Å². The molecule has 0 saturated heterocycles. The van der Waals surface area contributed by atoms with E-state index in [0.717, 1.165) is 13.1 Å². The number of rotatable bonds is 0. The molecule has 1 aliphatic rings. The lowest BCUT2D eigenvalue weighted by Crippen LogP contribution is -2.14.